The summed E-state index contributed by atoms with van der Waals surface area (Å²) in [5.74, 6) is -0.0892. The first-order valence-electron chi connectivity index (χ1n) is 4.45. The van der Waals surface area contributed by atoms with Gasteiger partial charge in [0.1, 0.15) is 5.75 Å². The summed E-state index contributed by atoms with van der Waals surface area (Å²) in [5, 5.41) is 14.5. The molecule has 0 unspecified atom stereocenters. The molecule has 1 heterocycles. The first-order valence-corrected chi connectivity index (χ1v) is 4.45. The molecular weight excluding hydrogens is 212 g/mol. The summed E-state index contributed by atoms with van der Waals surface area (Å²) in [4.78, 5) is 10.7. The fourth-order valence-corrected chi connectivity index (χ4v) is 1.26. The van der Waals surface area contributed by atoms with Crippen LogP contribution in [0.2, 0.25) is 0 Å². The zero-order valence-electron chi connectivity index (χ0n) is 8.41. The highest BCUT2D eigenvalue weighted by Crippen LogP contribution is 2.12. The number of benzene rings is 1. The summed E-state index contributed by atoms with van der Waals surface area (Å²) in [6.07, 6.45) is 0.406. The van der Waals surface area contributed by atoms with Crippen LogP contribution in [-0.4, -0.2) is 18.7 Å². The summed E-state index contributed by atoms with van der Waals surface area (Å²) in [7, 11) is 1.55. The molecule has 0 saturated carbocycles. The van der Waals surface area contributed by atoms with Gasteiger partial charge in [0.2, 0.25) is 12.0 Å². The van der Waals surface area contributed by atoms with Crippen LogP contribution in [-0.2, 0) is 0 Å². The maximum Gasteiger partial charge on any atom is 0.303 e. The summed E-state index contributed by atoms with van der Waals surface area (Å²) in [6, 6.07) is 6.70. The van der Waals surface area contributed by atoms with E-state index in [-0.39, 0.29) is 5.69 Å². The molecule has 0 N–H and O–H groups in total. The number of carbonyl (C=O) groups excluding carboxylic acids is 1. The van der Waals surface area contributed by atoms with Gasteiger partial charge in [-0.25, -0.2) is 0 Å². The molecule has 2 rings (SSSR count). The second-order valence-electron chi connectivity index (χ2n) is 2.97. The van der Waals surface area contributed by atoms with Crippen LogP contribution < -0.4 is 14.5 Å². The Morgan fingerprint density at radius 1 is 1.44 bits per heavy atom. The van der Waals surface area contributed by atoms with E-state index >= 15 is 0 Å². The smallest absolute Gasteiger partial charge is 0.303 e. The Kier molecular flexibility index (Phi) is 2.55. The van der Waals surface area contributed by atoms with E-state index < -0.39 is 5.95 Å². The molecule has 6 heteroatoms. The number of hydrogen-bond acceptors (Lipinski definition) is 5. The molecule has 82 valence electrons. The number of rotatable bonds is 3. The third kappa shape index (κ3) is 1.60. The van der Waals surface area contributed by atoms with Gasteiger partial charge in [-0.15, -0.1) is 0 Å². The number of aromatic nitrogens is 2. The number of ether oxygens (including phenoxy) is 1. The van der Waals surface area contributed by atoms with E-state index in [1.165, 1.54) is 0 Å². The van der Waals surface area contributed by atoms with E-state index in [0.29, 0.717) is 17.7 Å². The number of methoxy groups -OCH3 is 1. The summed E-state index contributed by atoms with van der Waals surface area (Å²) in [6.45, 7) is 0. The Hall–Kier alpha value is -2.37. The minimum Gasteiger partial charge on any atom is -0.539 e. The van der Waals surface area contributed by atoms with Gasteiger partial charge in [0.15, 0.2) is 5.95 Å². The Balaban J connectivity index is 2.46. The molecule has 6 nitrogen and oxygen atoms in total. The summed E-state index contributed by atoms with van der Waals surface area (Å²) in [5.41, 5.74) is 0.402. The highest BCUT2D eigenvalue weighted by Gasteiger charge is 2.19. The predicted molar refractivity (Wildman–Crippen MR) is 49.4 cm³/mol. The molecule has 2 aromatic rings. The van der Waals surface area contributed by atoms with Crippen LogP contribution in [0, 0.1) is 0 Å². The molecule has 0 aliphatic rings. The van der Waals surface area contributed by atoms with Crippen LogP contribution in [0.4, 0.5) is 0 Å². The van der Waals surface area contributed by atoms with Gasteiger partial charge in [-0.2, -0.15) is 0 Å². The van der Waals surface area contributed by atoms with Gasteiger partial charge in [0.25, 0.3) is 0 Å². The second-order valence-corrected chi connectivity index (χ2v) is 2.97. The highest BCUT2D eigenvalue weighted by atomic mass is 16.6. The third-order valence-corrected chi connectivity index (χ3v) is 2.07. The molecule has 1 aromatic heterocycles. The average Bonchev–Trinajstić information content (AvgIpc) is 2.70. The van der Waals surface area contributed by atoms with Crippen LogP contribution in [0.15, 0.2) is 28.8 Å². The number of aldehydes is 1. The largest absolute Gasteiger partial charge is 0.539 e. The van der Waals surface area contributed by atoms with Crippen molar-refractivity contribution in [3.8, 4) is 17.4 Å². The van der Waals surface area contributed by atoms with Crippen LogP contribution in [0.3, 0.4) is 0 Å². The topological polar surface area (TPSA) is 79.3 Å². The third-order valence-electron chi connectivity index (χ3n) is 2.07. The van der Waals surface area contributed by atoms with Gasteiger partial charge in [-0.3, -0.25) is 4.79 Å². The van der Waals surface area contributed by atoms with Gasteiger partial charge in [-0.05, 0) is 16.8 Å². The van der Waals surface area contributed by atoms with Crippen molar-refractivity contribution in [3.05, 3.63) is 30.0 Å². The van der Waals surface area contributed by atoms with Crippen molar-refractivity contribution in [2.24, 2.45) is 0 Å². The quantitative estimate of drug-likeness (QED) is 0.530. The SMILES string of the molecule is COc1ccc(-[n+]2noc([O-])c2C=O)cc1. The highest BCUT2D eigenvalue weighted by molar-refractivity contribution is 5.72. The minimum atomic E-state index is -0.759. The van der Waals surface area contributed by atoms with E-state index in [2.05, 4.69) is 9.79 Å². The molecule has 0 spiro atoms. The molecule has 0 fully saturated rings. The first-order chi connectivity index (χ1) is 7.76. The van der Waals surface area contributed by atoms with E-state index in [0.717, 1.165) is 4.68 Å². The van der Waals surface area contributed by atoms with Crippen LogP contribution in [0.5, 0.6) is 11.7 Å². The Morgan fingerprint density at radius 2 is 2.12 bits per heavy atom. The van der Waals surface area contributed by atoms with Crippen LogP contribution in [0.25, 0.3) is 5.69 Å². The molecule has 0 atom stereocenters. The predicted octanol–water partition coefficient (Wildman–Crippen LogP) is -0.154. The summed E-state index contributed by atoms with van der Waals surface area (Å²) >= 11 is 0. The van der Waals surface area contributed by atoms with E-state index in [9.17, 15) is 9.90 Å². The first kappa shape index (κ1) is 10.2. The van der Waals surface area contributed by atoms with E-state index in [1.54, 1.807) is 31.4 Å². The molecule has 16 heavy (non-hydrogen) atoms. The molecule has 0 bridgehead atoms. The fraction of sp³-hybridized carbons (Fsp3) is 0.100. The van der Waals surface area contributed by atoms with Crippen molar-refractivity contribution >= 4 is 6.29 Å². The van der Waals surface area contributed by atoms with E-state index in [1.807, 2.05) is 0 Å². The van der Waals surface area contributed by atoms with Gasteiger partial charge in [0, 0.05) is 12.1 Å². The van der Waals surface area contributed by atoms with Gasteiger partial charge in [0.05, 0.1) is 12.4 Å². The molecule has 1 aromatic carbocycles. The minimum absolute atomic E-state index is 0.148. The second kappa shape index (κ2) is 4.01. The lowest BCUT2D eigenvalue weighted by atomic mass is 10.3. The van der Waals surface area contributed by atoms with E-state index in [4.69, 9.17) is 4.74 Å². The van der Waals surface area contributed by atoms with Crippen molar-refractivity contribution in [1.29, 1.82) is 0 Å². The van der Waals surface area contributed by atoms with Crippen molar-refractivity contribution < 1.29 is 23.8 Å². The summed E-state index contributed by atoms with van der Waals surface area (Å²) < 4.78 is 10.5. The van der Waals surface area contributed by atoms with Gasteiger partial charge in [-0.1, -0.05) is 0 Å². The number of hydrogen-bond donors (Lipinski definition) is 0. The number of carbonyl (C=O) groups is 1. The molecular formula is C10H8N2O4. The zero-order valence-corrected chi connectivity index (χ0v) is 8.41. The Morgan fingerprint density at radius 3 is 2.69 bits per heavy atom. The molecule has 0 amide bonds. The zero-order chi connectivity index (χ0) is 11.5. The monoisotopic (exact) mass is 220 g/mol. The maximum atomic E-state index is 11.1. The maximum absolute atomic E-state index is 11.1. The number of nitrogens with zero attached hydrogens (tertiary/aromatic N) is 2. The lowest BCUT2D eigenvalue weighted by molar-refractivity contribution is -0.671. The van der Waals surface area contributed by atoms with Crippen LogP contribution >= 0.6 is 0 Å². The van der Waals surface area contributed by atoms with Crippen molar-refractivity contribution in [2.45, 2.75) is 0 Å². The lowest BCUT2D eigenvalue weighted by Crippen LogP contribution is -2.36. The average molecular weight is 220 g/mol. The molecule has 0 aliphatic heterocycles. The van der Waals surface area contributed by atoms with Crippen molar-refractivity contribution in [1.82, 2.24) is 5.27 Å². The fourth-order valence-electron chi connectivity index (χ4n) is 1.26. The molecule has 0 radical (unpaired) electrons. The molecule has 0 saturated heterocycles. The van der Waals surface area contributed by atoms with Crippen molar-refractivity contribution in [3.63, 3.8) is 0 Å². The van der Waals surface area contributed by atoms with Gasteiger partial charge < -0.3 is 14.4 Å². The van der Waals surface area contributed by atoms with Crippen LogP contribution in [0.1, 0.15) is 10.5 Å². The lowest BCUT2D eigenvalue weighted by Gasteiger charge is -1.97. The Labute approximate surface area is 90.7 Å². The standard InChI is InChI=1S/C10H8N2O4/c1-15-8-4-2-7(3-5-8)12-9(6-13)10(14)16-11-12/h2-6H,1H3. The normalized spacial score (nSPS) is 10.1. The van der Waals surface area contributed by atoms with Gasteiger partial charge >= 0.3 is 5.69 Å². The van der Waals surface area contributed by atoms with Crippen molar-refractivity contribution in [2.75, 3.05) is 7.11 Å². The molecule has 0 aliphatic carbocycles. The Bertz CT molecular complexity index is 504.